The Balaban J connectivity index is 3.02. The number of nitrogens with zero attached hydrogens (tertiary/aromatic N) is 1. The molecule has 0 aliphatic heterocycles. The van der Waals surface area contributed by atoms with E-state index in [1.807, 2.05) is 37.1 Å². The van der Waals surface area contributed by atoms with Gasteiger partial charge in [-0.25, -0.2) is 0 Å². The van der Waals surface area contributed by atoms with Gasteiger partial charge in [-0.1, -0.05) is 23.6 Å². The molecule has 74 valence electrons. The van der Waals surface area contributed by atoms with Gasteiger partial charge < -0.3 is 10.0 Å². The molecule has 0 heterocycles. The Bertz CT molecular complexity index is 352. The monoisotopic (exact) mass is 189 g/mol. The Labute approximate surface area is 85.2 Å². The molecule has 0 amide bonds. The molecule has 1 aromatic rings. The summed E-state index contributed by atoms with van der Waals surface area (Å²) in [6.07, 6.45) is 5.23. The average molecular weight is 189 g/mol. The van der Waals surface area contributed by atoms with Gasteiger partial charge in [-0.3, -0.25) is 0 Å². The largest absolute Gasteiger partial charge is 0.392 e. The average Bonchev–Trinajstić information content (AvgIpc) is 2.17. The Morgan fingerprint density at radius 2 is 2.21 bits per heavy atom. The lowest BCUT2D eigenvalue weighted by Crippen LogP contribution is -2.18. The van der Waals surface area contributed by atoms with Crippen LogP contribution < -0.4 is 4.90 Å². The Morgan fingerprint density at radius 3 is 2.79 bits per heavy atom. The minimum absolute atomic E-state index is 0.0475. The van der Waals surface area contributed by atoms with E-state index in [2.05, 4.69) is 5.92 Å². The van der Waals surface area contributed by atoms with Gasteiger partial charge in [0.25, 0.3) is 0 Å². The van der Waals surface area contributed by atoms with Gasteiger partial charge in [0.05, 0.1) is 13.2 Å². The van der Waals surface area contributed by atoms with Crippen LogP contribution in [0.4, 0.5) is 5.69 Å². The molecular weight excluding hydrogens is 174 g/mol. The molecule has 0 saturated heterocycles. The summed E-state index contributed by atoms with van der Waals surface area (Å²) < 4.78 is 0. The van der Waals surface area contributed by atoms with Gasteiger partial charge >= 0.3 is 0 Å². The topological polar surface area (TPSA) is 23.5 Å². The maximum atomic E-state index is 9.18. The van der Waals surface area contributed by atoms with Crippen molar-refractivity contribution < 1.29 is 5.11 Å². The minimum atomic E-state index is 0.0475. The van der Waals surface area contributed by atoms with Crippen molar-refractivity contribution in [1.82, 2.24) is 0 Å². The number of aryl methyl sites for hydroxylation is 1. The van der Waals surface area contributed by atoms with E-state index < -0.39 is 0 Å². The van der Waals surface area contributed by atoms with Gasteiger partial charge in [-0.2, -0.15) is 0 Å². The first-order chi connectivity index (χ1) is 6.69. The maximum absolute atomic E-state index is 9.18. The highest BCUT2D eigenvalue weighted by molar-refractivity contribution is 5.54. The van der Waals surface area contributed by atoms with E-state index in [4.69, 9.17) is 6.42 Å². The molecule has 2 nitrogen and oxygen atoms in total. The van der Waals surface area contributed by atoms with Crippen LogP contribution in [0.3, 0.4) is 0 Å². The highest BCUT2D eigenvalue weighted by Crippen LogP contribution is 2.20. The number of hydrogen-bond donors (Lipinski definition) is 1. The molecule has 1 aromatic carbocycles. The van der Waals surface area contributed by atoms with Gasteiger partial charge in [0.15, 0.2) is 0 Å². The Morgan fingerprint density at radius 1 is 1.50 bits per heavy atom. The van der Waals surface area contributed by atoms with Crippen molar-refractivity contribution in [3.05, 3.63) is 29.3 Å². The van der Waals surface area contributed by atoms with E-state index in [9.17, 15) is 5.11 Å². The number of benzene rings is 1. The van der Waals surface area contributed by atoms with Gasteiger partial charge in [-0.05, 0) is 13.0 Å². The van der Waals surface area contributed by atoms with Crippen molar-refractivity contribution in [3.63, 3.8) is 0 Å². The van der Waals surface area contributed by atoms with Crippen LogP contribution in [0.25, 0.3) is 0 Å². The molecule has 0 aromatic heterocycles. The van der Waals surface area contributed by atoms with E-state index in [0.717, 1.165) is 16.8 Å². The van der Waals surface area contributed by atoms with Crippen molar-refractivity contribution >= 4 is 5.69 Å². The summed E-state index contributed by atoms with van der Waals surface area (Å²) in [5.41, 5.74) is 3.06. The summed E-state index contributed by atoms with van der Waals surface area (Å²) in [6, 6.07) is 5.97. The van der Waals surface area contributed by atoms with Crippen LogP contribution in [0.5, 0.6) is 0 Å². The third kappa shape index (κ3) is 2.27. The third-order valence-electron chi connectivity index (χ3n) is 2.15. The van der Waals surface area contributed by atoms with Crippen molar-refractivity contribution in [2.24, 2.45) is 0 Å². The first kappa shape index (κ1) is 10.6. The Hall–Kier alpha value is -1.46. The van der Waals surface area contributed by atoms with Crippen molar-refractivity contribution in [2.45, 2.75) is 13.5 Å². The molecule has 0 spiro atoms. The van der Waals surface area contributed by atoms with Crippen molar-refractivity contribution in [1.29, 1.82) is 0 Å². The number of aliphatic hydroxyl groups is 1. The molecule has 0 unspecified atom stereocenters. The highest BCUT2D eigenvalue weighted by Gasteiger charge is 2.05. The van der Waals surface area contributed by atoms with Gasteiger partial charge in [0, 0.05) is 18.3 Å². The molecule has 1 N–H and O–H groups in total. The molecule has 0 bridgehead atoms. The van der Waals surface area contributed by atoms with E-state index in [1.54, 1.807) is 0 Å². The summed E-state index contributed by atoms with van der Waals surface area (Å²) >= 11 is 0. The van der Waals surface area contributed by atoms with Crippen LogP contribution in [-0.2, 0) is 6.61 Å². The third-order valence-corrected chi connectivity index (χ3v) is 2.15. The molecule has 0 aliphatic carbocycles. The fraction of sp³-hybridized carbons (Fsp3) is 0.333. The van der Waals surface area contributed by atoms with Crippen molar-refractivity contribution in [2.75, 3.05) is 18.5 Å². The second-order valence-corrected chi connectivity index (χ2v) is 3.35. The van der Waals surface area contributed by atoms with E-state index >= 15 is 0 Å². The molecule has 2 heteroatoms. The van der Waals surface area contributed by atoms with Crippen LogP contribution in [0.1, 0.15) is 11.1 Å². The van der Waals surface area contributed by atoms with Gasteiger partial charge in [0.1, 0.15) is 0 Å². The summed E-state index contributed by atoms with van der Waals surface area (Å²) in [5.74, 6) is 2.58. The normalized spacial score (nSPS) is 9.57. The van der Waals surface area contributed by atoms with Gasteiger partial charge in [0.2, 0.25) is 0 Å². The zero-order chi connectivity index (χ0) is 10.6. The summed E-state index contributed by atoms with van der Waals surface area (Å²) in [4.78, 5) is 1.95. The molecule has 14 heavy (non-hydrogen) atoms. The number of anilines is 1. The summed E-state index contributed by atoms with van der Waals surface area (Å²) in [5, 5.41) is 9.18. The van der Waals surface area contributed by atoms with Crippen LogP contribution in [0.15, 0.2) is 18.2 Å². The molecular formula is C12H15NO. The lowest BCUT2D eigenvalue weighted by atomic mass is 10.1. The minimum Gasteiger partial charge on any atom is -0.392 e. The van der Waals surface area contributed by atoms with Crippen LogP contribution in [0.2, 0.25) is 0 Å². The lowest BCUT2D eigenvalue weighted by Gasteiger charge is -2.19. The number of terminal acetylenes is 1. The SMILES string of the molecule is C#CCN(C)c1ccc(C)cc1CO. The molecule has 0 radical (unpaired) electrons. The fourth-order valence-corrected chi connectivity index (χ4v) is 1.44. The molecule has 0 saturated carbocycles. The molecule has 0 fully saturated rings. The summed E-state index contributed by atoms with van der Waals surface area (Å²) in [7, 11) is 1.92. The first-order valence-corrected chi connectivity index (χ1v) is 4.54. The lowest BCUT2D eigenvalue weighted by molar-refractivity contribution is 0.282. The number of hydrogen-bond acceptors (Lipinski definition) is 2. The van der Waals surface area contributed by atoms with Crippen LogP contribution >= 0.6 is 0 Å². The number of aliphatic hydroxyl groups excluding tert-OH is 1. The standard InChI is InChI=1S/C12H15NO/c1-4-7-13(3)12-6-5-10(2)8-11(12)9-14/h1,5-6,8,14H,7,9H2,2-3H3. The predicted octanol–water partition coefficient (Wildman–Crippen LogP) is 1.56. The van der Waals surface area contributed by atoms with Gasteiger partial charge in [-0.15, -0.1) is 6.42 Å². The zero-order valence-electron chi connectivity index (χ0n) is 8.62. The summed E-state index contributed by atoms with van der Waals surface area (Å²) in [6.45, 7) is 2.60. The second-order valence-electron chi connectivity index (χ2n) is 3.35. The van der Waals surface area contributed by atoms with Crippen molar-refractivity contribution in [3.8, 4) is 12.3 Å². The molecule has 1 rings (SSSR count). The quantitative estimate of drug-likeness (QED) is 0.729. The van der Waals surface area contributed by atoms with Crippen LogP contribution in [0, 0.1) is 19.3 Å². The van der Waals surface area contributed by atoms with E-state index in [1.165, 1.54) is 0 Å². The predicted molar refractivity (Wildman–Crippen MR) is 59.2 cm³/mol. The van der Waals surface area contributed by atoms with E-state index in [-0.39, 0.29) is 6.61 Å². The molecule has 0 atom stereocenters. The Kier molecular flexibility index (Phi) is 3.55. The second kappa shape index (κ2) is 4.69. The maximum Gasteiger partial charge on any atom is 0.0788 e. The molecule has 0 aliphatic rings. The zero-order valence-corrected chi connectivity index (χ0v) is 8.62. The fourth-order valence-electron chi connectivity index (χ4n) is 1.44. The first-order valence-electron chi connectivity index (χ1n) is 4.54. The number of rotatable bonds is 3. The highest BCUT2D eigenvalue weighted by atomic mass is 16.3. The van der Waals surface area contributed by atoms with E-state index in [0.29, 0.717) is 6.54 Å². The smallest absolute Gasteiger partial charge is 0.0788 e. The van der Waals surface area contributed by atoms with Crippen LogP contribution in [-0.4, -0.2) is 18.7 Å².